The van der Waals surface area contributed by atoms with Crippen molar-refractivity contribution in [2.45, 2.75) is 20.0 Å². The number of pyridine rings is 1. The van der Waals surface area contributed by atoms with Gasteiger partial charge in [-0.3, -0.25) is 4.79 Å². The molecule has 0 saturated carbocycles. The van der Waals surface area contributed by atoms with Crippen LogP contribution in [0.25, 0.3) is 0 Å². The van der Waals surface area contributed by atoms with Crippen molar-refractivity contribution < 1.29 is 4.79 Å². The first kappa shape index (κ1) is 13.0. The normalized spacial score (nSPS) is 10.2. The van der Waals surface area contributed by atoms with E-state index < -0.39 is 0 Å². The second-order valence-corrected chi connectivity index (χ2v) is 3.79. The topological polar surface area (TPSA) is 111 Å². The second-order valence-electron chi connectivity index (χ2n) is 3.79. The number of carbonyl (C=O) groups is 1. The van der Waals surface area contributed by atoms with Crippen molar-refractivity contribution in [1.82, 2.24) is 25.1 Å². The lowest BCUT2D eigenvalue weighted by Gasteiger charge is -2.06. The number of amides is 1. The molecule has 0 aliphatic rings. The Morgan fingerprint density at radius 3 is 2.95 bits per heavy atom. The van der Waals surface area contributed by atoms with E-state index in [1.54, 1.807) is 18.5 Å². The third-order valence-electron chi connectivity index (χ3n) is 2.62. The molecule has 0 atom stereocenters. The summed E-state index contributed by atoms with van der Waals surface area (Å²) in [4.78, 5) is 15.8. The summed E-state index contributed by atoms with van der Waals surface area (Å²) in [5, 5.41) is 10.5. The minimum atomic E-state index is -0.221. The summed E-state index contributed by atoms with van der Waals surface area (Å²) in [5.41, 5.74) is 2.86. The number of nitrogens with zero attached hydrogens (tertiary/aromatic N) is 4. The average molecular weight is 261 g/mol. The van der Waals surface area contributed by atoms with E-state index in [1.165, 1.54) is 6.20 Å². The van der Waals surface area contributed by atoms with Crippen molar-refractivity contribution in [2.24, 2.45) is 5.84 Å². The number of anilines is 1. The predicted octanol–water partition coefficient (Wildman–Crippen LogP) is -0.0914. The molecule has 8 heteroatoms. The number of nitrogens with two attached hydrogens (primary N) is 1. The maximum atomic E-state index is 11.9. The standard InChI is InChI=1S/C11H15N7O/c1-2-18-7-15-17-10(18)6-14-11(19)8-3-4-9(16-12)13-5-8/h3-5,7H,2,6,12H2,1H3,(H,13,16)(H,14,19). The molecule has 2 aromatic rings. The van der Waals surface area contributed by atoms with Crippen LogP contribution in [0.15, 0.2) is 24.7 Å². The van der Waals surface area contributed by atoms with Gasteiger partial charge in [0, 0.05) is 12.7 Å². The molecule has 0 unspecified atom stereocenters. The third-order valence-corrected chi connectivity index (χ3v) is 2.62. The van der Waals surface area contributed by atoms with E-state index >= 15 is 0 Å². The SMILES string of the molecule is CCn1cnnc1CNC(=O)c1ccc(NN)nc1. The minimum absolute atomic E-state index is 0.221. The van der Waals surface area contributed by atoms with Gasteiger partial charge in [-0.2, -0.15) is 0 Å². The first-order chi connectivity index (χ1) is 9.24. The Bertz CT molecular complexity index is 548. The van der Waals surface area contributed by atoms with Gasteiger partial charge in [-0.05, 0) is 19.1 Å². The molecule has 100 valence electrons. The molecule has 0 aromatic carbocycles. The number of hydrogen-bond donors (Lipinski definition) is 3. The van der Waals surface area contributed by atoms with Gasteiger partial charge in [0.2, 0.25) is 0 Å². The van der Waals surface area contributed by atoms with Crippen molar-refractivity contribution in [3.05, 3.63) is 36.0 Å². The highest BCUT2D eigenvalue weighted by molar-refractivity contribution is 5.93. The zero-order valence-electron chi connectivity index (χ0n) is 10.5. The maximum absolute atomic E-state index is 11.9. The number of hydrogen-bond acceptors (Lipinski definition) is 6. The van der Waals surface area contributed by atoms with Crippen LogP contribution in [0.4, 0.5) is 5.82 Å². The van der Waals surface area contributed by atoms with Gasteiger partial charge in [0.15, 0.2) is 5.82 Å². The number of aryl methyl sites for hydroxylation is 1. The van der Waals surface area contributed by atoms with Gasteiger partial charge in [-0.15, -0.1) is 10.2 Å². The molecule has 0 spiro atoms. The molecule has 2 rings (SSSR count). The van der Waals surface area contributed by atoms with Gasteiger partial charge >= 0.3 is 0 Å². The largest absolute Gasteiger partial charge is 0.345 e. The molecule has 0 bridgehead atoms. The van der Waals surface area contributed by atoms with Crippen molar-refractivity contribution in [3.8, 4) is 0 Å². The number of rotatable bonds is 5. The van der Waals surface area contributed by atoms with Crippen molar-refractivity contribution >= 4 is 11.7 Å². The molecule has 0 aliphatic carbocycles. The lowest BCUT2D eigenvalue weighted by atomic mass is 10.2. The third kappa shape index (κ3) is 3.05. The summed E-state index contributed by atoms with van der Waals surface area (Å²) in [5.74, 6) is 6.19. The van der Waals surface area contributed by atoms with Crippen molar-refractivity contribution in [1.29, 1.82) is 0 Å². The smallest absolute Gasteiger partial charge is 0.253 e. The highest BCUT2D eigenvalue weighted by Gasteiger charge is 2.08. The Morgan fingerprint density at radius 2 is 2.32 bits per heavy atom. The van der Waals surface area contributed by atoms with Gasteiger partial charge in [-0.1, -0.05) is 0 Å². The number of aromatic nitrogens is 4. The number of nitrogen functional groups attached to an aromatic ring is 1. The summed E-state index contributed by atoms with van der Waals surface area (Å²) in [6.07, 6.45) is 3.08. The molecule has 19 heavy (non-hydrogen) atoms. The van der Waals surface area contributed by atoms with E-state index in [1.807, 2.05) is 11.5 Å². The average Bonchev–Trinajstić information content (AvgIpc) is 2.92. The molecule has 0 saturated heterocycles. The minimum Gasteiger partial charge on any atom is -0.345 e. The predicted molar refractivity (Wildman–Crippen MR) is 68.9 cm³/mol. The molecule has 1 amide bonds. The number of carbonyl (C=O) groups excluding carboxylic acids is 1. The van der Waals surface area contributed by atoms with Crippen LogP contribution in [0, 0.1) is 0 Å². The van der Waals surface area contributed by atoms with Crippen LogP contribution in [0.2, 0.25) is 0 Å². The van der Waals surface area contributed by atoms with Gasteiger partial charge in [-0.25, -0.2) is 10.8 Å². The number of nitrogens with one attached hydrogen (secondary N) is 2. The fourth-order valence-electron chi connectivity index (χ4n) is 1.55. The fraction of sp³-hybridized carbons (Fsp3) is 0.273. The molecule has 2 aromatic heterocycles. The molecule has 0 fully saturated rings. The van der Waals surface area contributed by atoms with E-state index in [9.17, 15) is 4.79 Å². The zero-order valence-corrected chi connectivity index (χ0v) is 10.5. The van der Waals surface area contributed by atoms with Crippen molar-refractivity contribution in [2.75, 3.05) is 5.43 Å². The van der Waals surface area contributed by atoms with E-state index in [-0.39, 0.29) is 5.91 Å². The summed E-state index contributed by atoms with van der Waals surface area (Å²) >= 11 is 0. The Kier molecular flexibility index (Phi) is 4.04. The lowest BCUT2D eigenvalue weighted by molar-refractivity contribution is 0.0949. The van der Waals surface area contributed by atoms with E-state index in [4.69, 9.17) is 5.84 Å². The molecule has 0 radical (unpaired) electrons. The maximum Gasteiger partial charge on any atom is 0.253 e. The van der Waals surface area contributed by atoms with Crippen LogP contribution in [0.5, 0.6) is 0 Å². The lowest BCUT2D eigenvalue weighted by Crippen LogP contribution is -2.25. The quantitative estimate of drug-likeness (QED) is 0.512. The van der Waals surface area contributed by atoms with Gasteiger partial charge in [0.1, 0.15) is 12.1 Å². The van der Waals surface area contributed by atoms with E-state index in [0.717, 1.165) is 6.54 Å². The highest BCUT2D eigenvalue weighted by atomic mass is 16.1. The summed E-state index contributed by atoms with van der Waals surface area (Å²) in [6.45, 7) is 3.07. The van der Waals surface area contributed by atoms with Crippen LogP contribution in [0.3, 0.4) is 0 Å². The number of hydrazine groups is 1. The van der Waals surface area contributed by atoms with E-state index in [2.05, 4.69) is 25.9 Å². The van der Waals surface area contributed by atoms with Crippen LogP contribution >= 0.6 is 0 Å². The monoisotopic (exact) mass is 261 g/mol. The van der Waals surface area contributed by atoms with Crippen LogP contribution < -0.4 is 16.6 Å². The first-order valence-corrected chi connectivity index (χ1v) is 5.82. The Morgan fingerprint density at radius 1 is 1.47 bits per heavy atom. The first-order valence-electron chi connectivity index (χ1n) is 5.82. The molecular formula is C11H15N7O. The molecule has 2 heterocycles. The van der Waals surface area contributed by atoms with Crippen molar-refractivity contribution in [3.63, 3.8) is 0 Å². The summed E-state index contributed by atoms with van der Waals surface area (Å²) < 4.78 is 1.86. The Hall–Kier alpha value is -2.48. The molecular weight excluding hydrogens is 246 g/mol. The Labute approximate surface area is 110 Å². The highest BCUT2D eigenvalue weighted by Crippen LogP contribution is 2.03. The second kappa shape index (κ2) is 5.91. The van der Waals surface area contributed by atoms with E-state index in [0.29, 0.717) is 23.8 Å². The van der Waals surface area contributed by atoms with Crippen LogP contribution in [-0.2, 0) is 13.1 Å². The van der Waals surface area contributed by atoms with Gasteiger partial charge < -0.3 is 15.3 Å². The molecule has 8 nitrogen and oxygen atoms in total. The van der Waals surface area contributed by atoms with Crippen LogP contribution in [-0.4, -0.2) is 25.7 Å². The van der Waals surface area contributed by atoms with Crippen LogP contribution in [0.1, 0.15) is 23.1 Å². The molecule has 4 N–H and O–H groups in total. The molecule has 0 aliphatic heterocycles. The summed E-state index contributed by atoms with van der Waals surface area (Å²) in [7, 11) is 0. The summed E-state index contributed by atoms with van der Waals surface area (Å²) in [6, 6.07) is 3.27. The zero-order chi connectivity index (χ0) is 13.7. The fourth-order valence-corrected chi connectivity index (χ4v) is 1.55. The van der Waals surface area contributed by atoms with Gasteiger partial charge in [0.25, 0.3) is 5.91 Å². The van der Waals surface area contributed by atoms with Gasteiger partial charge in [0.05, 0.1) is 12.1 Å². The Balaban J connectivity index is 1.97.